The van der Waals surface area contributed by atoms with Crippen LogP contribution in [0.4, 0.5) is 5.69 Å². The Balaban J connectivity index is 2.44. The molecule has 0 radical (unpaired) electrons. The summed E-state index contributed by atoms with van der Waals surface area (Å²) in [6.45, 7) is 2.84. The number of ether oxygens (including phenoxy) is 1. The number of carbonyl (C=O) groups excluding carboxylic acids is 1. The third-order valence-electron chi connectivity index (χ3n) is 3.70. The number of carbonyl (C=O) groups is 1. The average molecular weight is 292 g/mol. The molecule has 20 heavy (non-hydrogen) atoms. The number of anilines is 1. The quantitative estimate of drug-likeness (QED) is 0.683. The Kier molecular flexibility index (Phi) is 4.60. The lowest BCUT2D eigenvalue weighted by molar-refractivity contribution is -0.142. The Bertz CT molecular complexity index is 531. The van der Waals surface area contributed by atoms with Crippen LogP contribution in [0.15, 0.2) is 18.2 Å². The summed E-state index contributed by atoms with van der Waals surface area (Å²) in [7, 11) is 1.43. The van der Waals surface area contributed by atoms with Crippen LogP contribution in [0.5, 0.6) is 0 Å². The second-order valence-electron chi connectivity index (χ2n) is 5.11. The fraction of sp³-hybridized carbons (Fsp3) is 0.467. The van der Waals surface area contributed by atoms with E-state index in [-0.39, 0.29) is 12.0 Å². The number of rotatable bonds is 3. The molecule has 0 amide bonds. The van der Waals surface area contributed by atoms with Gasteiger partial charge in [0.05, 0.1) is 7.11 Å². The number of methoxy groups -OCH3 is 1. The number of nitrogens with zero attached hydrogens (tertiary/aromatic N) is 1. The first kappa shape index (κ1) is 14.8. The predicted molar refractivity (Wildman–Crippen MR) is 84.1 cm³/mol. The Labute approximate surface area is 124 Å². The lowest BCUT2D eigenvalue weighted by Gasteiger charge is -2.36. The van der Waals surface area contributed by atoms with Crippen molar-refractivity contribution in [2.24, 2.45) is 5.73 Å². The van der Waals surface area contributed by atoms with Crippen molar-refractivity contribution < 1.29 is 9.53 Å². The van der Waals surface area contributed by atoms with Gasteiger partial charge in [0.15, 0.2) is 0 Å². The number of benzene rings is 1. The fourth-order valence-corrected chi connectivity index (χ4v) is 2.86. The molecule has 2 rings (SSSR count). The van der Waals surface area contributed by atoms with Crippen molar-refractivity contribution in [2.75, 3.05) is 18.6 Å². The molecule has 5 heteroatoms. The predicted octanol–water partition coefficient (Wildman–Crippen LogP) is 2.16. The van der Waals surface area contributed by atoms with Crippen molar-refractivity contribution in [2.45, 2.75) is 32.2 Å². The van der Waals surface area contributed by atoms with Gasteiger partial charge >= 0.3 is 5.97 Å². The summed E-state index contributed by atoms with van der Waals surface area (Å²) in [4.78, 5) is 14.4. The number of thiocarbonyl (C=S) groups is 1. The van der Waals surface area contributed by atoms with Crippen molar-refractivity contribution in [3.8, 4) is 0 Å². The first-order chi connectivity index (χ1) is 9.54. The summed E-state index contributed by atoms with van der Waals surface area (Å²) in [5, 5.41) is 0. The van der Waals surface area contributed by atoms with Gasteiger partial charge in [0.25, 0.3) is 0 Å². The van der Waals surface area contributed by atoms with E-state index >= 15 is 0 Å². The van der Waals surface area contributed by atoms with Gasteiger partial charge in [-0.3, -0.25) is 0 Å². The van der Waals surface area contributed by atoms with Crippen LogP contribution in [0.3, 0.4) is 0 Å². The van der Waals surface area contributed by atoms with Gasteiger partial charge in [-0.25, -0.2) is 4.79 Å². The van der Waals surface area contributed by atoms with Gasteiger partial charge in [-0.05, 0) is 43.9 Å². The molecular weight excluding hydrogens is 272 g/mol. The van der Waals surface area contributed by atoms with Gasteiger partial charge in [0.2, 0.25) is 0 Å². The summed E-state index contributed by atoms with van der Waals surface area (Å²) in [6.07, 6.45) is 2.89. The lowest BCUT2D eigenvalue weighted by atomic mass is 9.99. The van der Waals surface area contributed by atoms with E-state index in [0.29, 0.717) is 4.99 Å². The van der Waals surface area contributed by atoms with E-state index in [0.717, 1.165) is 42.6 Å². The normalized spacial score (nSPS) is 18.7. The molecule has 0 aliphatic carbocycles. The molecule has 1 atom stereocenters. The molecule has 0 aromatic heterocycles. The zero-order valence-electron chi connectivity index (χ0n) is 11.9. The summed E-state index contributed by atoms with van der Waals surface area (Å²) in [5.41, 5.74) is 8.69. The van der Waals surface area contributed by atoms with E-state index in [2.05, 4.69) is 4.90 Å². The highest BCUT2D eigenvalue weighted by molar-refractivity contribution is 7.80. The smallest absolute Gasteiger partial charge is 0.328 e. The average Bonchev–Trinajstić information content (AvgIpc) is 2.46. The molecule has 1 aliphatic rings. The maximum atomic E-state index is 12.0. The van der Waals surface area contributed by atoms with Crippen LogP contribution < -0.4 is 10.6 Å². The van der Waals surface area contributed by atoms with Gasteiger partial charge in [0.1, 0.15) is 11.0 Å². The molecule has 4 nitrogen and oxygen atoms in total. The van der Waals surface area contributed by atoms with E-state index in [4.69, 9.17) is 22.7 Å². The topological polar surface area (TPSA) is 55.6 Å². The zero-order valence-corrected chi connectivity index (χ0v) is 12.7. The van der Waals surface area contributed by atoms with E-state index in [1.807, 2.05) is 25.1 Å². The van der Waals surface area contributed by atoms with Crippen LogP contribution in [0.2, 0.25) is 0 Å². The fourth-order valence-electron chi connectivity index (χ4n) is 2.69. The second-order valence-corrected chi connectivity index (χ2v) is 5.55. The van der Waals surface area contributed by atoms with Crippen molar-refractivity contribution in [3.63, 3.8) is 0 Å². The van der Waals surface area contributed by atoms with Crippen LogP contribution in [0.1, 0.15) is 30.4 Å². The highest BCUT2D eigenvalue weighted by Gasteiger charge is 2.31. The van der Waals surface area contributed by atoms with Crippen molar-refractivity contribution in [1.82, 2.24) is 0 Å². The van der Waals surface area contributed by atoms with Crippen molar-refractivity contribution >= 4 is 28.9 Å². The van der Waals surface area contributed by atoms with Gasteiger partial charge < -0.3 is 15.4 Å². The molecule has 1 saturated heterocycles. The highest BCUT2D eigenvalue weighted by Crippen LogP contribution is 2.29. The minimum absolute atomic E-state index is 0.194. The molecule has 2 N–H and O–H groups in total. The molecule has 1 aromatic carbocycles. The molecular formula is C15H20N2O2S. The molecule has 1 aromatic rings. The molecule has 0 saturated carbocycles. The monoisotopic (exact) mass is 292 g/mol. The SMILES string of the molecule is COC(=O)C1CCCCN1c1cc(C)ccc1C(N)=S. The van der Waals surface area contributed by atoms with E-state index in [9.17, 15) is 4.79 Å². The molecule has 1 aliphatic heterocycles. The van der Waals surface area contributed by atoms with Crippen LogP contribution in [0, 0.1) is 6.92 Å². The highest BCUT2D eigenvalue weighted by atomic mass is 32.1. The minimum atomic E-state index is -0.247. The third-order valence-corrected chi connectivity index (χ3v) is 3.92. The van der Waals surface area contributed by atoms with E-state index < -0.39 is 0 Å². The Morgan fingerprint density at radius 2 is 2.20 bits per heavy atom. The number of piperidine rings is 1. The van der Waals surface area contributed by atoms with Gasteiger partial charge in [0, 0.05) is 17.8 Å². The maximum Gasteiger partial charge on any atom is 0.328 e. The molecule has 108 valence electrons. The van der Waals surface area contributed by atoms with Crippen LogP contribution in [-0.2, 0) is 9.53 Å². The Hall–Kier alpha value is -1.62. The van der Waals surface area contributed by atoms with Gasteiger partial charge in [-0.2, -0.15) is 0 Å². The van der Waals surface area contributed by atoms with Crippen LogP contribution >= 0.6 is 12.2 Å². The number of nitrogens with two attached hydrogens (primary N) is 1. The minimum Gasteiger partial charge on any atom is -0.467 e. The summed E-state index contributed by atoms with van der Waals surface area (Å²) in [5.74, 6) is -0.194. The number of hydrogen-bond donors (Lipinski definition) is 1. The molecule has 1 unspecified atom stereocenters. The summed E-state index contributed by atoms with van der Waals surface area (Å²) >= 11 is 5.13. The third kappa shape index (κ3) is 2.93. The molecule has 1 heterocycles. The number of hydrogen-bond acceptors (Lipinski definition) is 4. The lowest BCUT2D eigenvalue weighted by Crippen LogP contribution is -2.46. The largest absolute Gasteiger partial charge is 0.467 e. The van der Waals surface area contributed by atoms with Crippen molar-refractivity contribution in [1.29, 1.82) is 0 Å². The maximum absolute atomic E-state index is 12.0. The van der Waals surface area contributed by atoms with Crippen LogP contribution in [-0.4, -0.2) is 30.7 Å². The standard InChI is InChI=1S/C15H20N2O2S/c1-10-6-7-11(14(16)20)13(9-10)17-8-4-3-5-12(17)15(18)19-2/h6-7,9,12H,3-5,8H2,1-2H3,(H2,16,20). The van der Waals surface area contributed by atoms with E-state index in [1.54, 1.807) is 0 Å². The van der Waals surface area contributed by atoms with Crippen LogP contribution in [0.25, 0.3) is 0 Å². The summed E-state index contributed by atoms with van der Waals surface area (Å²) in [6, 6.07) is 5.70. The van der Waals surface area contributed by atoms with Crippen molar-refractivity contribution in [3.05, 3.63) is 29.3 Å². The van der Waals surface area contributed by atoms with E-state index in [1.165, 1.54) is 7.11 Å². The first-order valence-corrected chi connectivity index (χ1v) is 7.20. The molecule has 1 fully saturated rings. The van der Waals surface area contributed by atoms with Gasteiger partial charge in [-0.1, -0.05) is 18.3 Å². The zero-order chi connectivity index (χ0) is 14.7. The number of esters is 1. The number of aryl methyl sites for hydroxylation is 1. The summed E-state index contributed by atoms with van der Waals surface area (Å²) < 4.78 is 4.93. The van der Waals surface area contributed by atoms with Gasteiger partial charge in [-0.15, -0.1) is 0 Å². The second kappa shape index (κ2) is 6.22. The molecule has 0 bridgehead atoms. The molecule has 0 spiro atoms. The first-order valence-electron chi connectivity index (χ1n) is 6.79. The Morgan fingerprint density at radius 1 is 1.45 bits per heavy atom. The Morgan fingerprint density at radius 3 is 2.85 bits per heavy atom.